The fourth-order valence-electron chi connectivity index (χ4n) is 3.70. The highest BCUT2D eigenvalue weighted by atomic mass is 35.5. The van der Waals surface area contributed by atoms with Crippen LogP contribution in [-0.4, -0.2) is 33.8 Å². The molecule has 30 heavy (non-hydrogen) atoms. The van der Waals surface area contributed by atoms with E-state index in [9.17, 15) is 14.9 Å². The van der Waals surface area contributed by atoms with Crippen molar-refractivity contribution in [3.05, 3.63) is 79.9 Å². The molecule has 8 heteroatoms. The maximum atomic E-state index is 12.7. The minimum atomic E-state index is -0.464. The second kappa shape index (κ2) is 8.53. The zero-order valence-electron chi connectivity index (χ0n) is 16.4. The Bertz CT molecular complexity index is 1070. The van der Waals surface area contributed by atoms with E-state index in [2.05, 4.69) is 0 Å². The Balaban J connectivity index is 1.42. The molecule has 0 unspecified atom stereocenters. The first-order valence-corrected chi connectivity index (χ1v) is 10.9. The highest BCUT2D eigenvalue weighted by Crippen LogP contribution is 2.37. The molecule has 2 heterocycles. The number of amides is 1. The number of halogens is 1. The first-order chi connectivity index (χ1) is 14.4. The Kier molecular flexibility index (Phi) is 5.83. The van der Waals surface area contributed by atoms with Crippen molar-refractivity contribution in [1.82, 2.24) is 9.88 Å². The van der Waals surface area contributed by atoms with Gasteiger partial charge in [-0.25, -0.2) is 4.98 Å². The fraction of sp³-hybridized carbons (Fsp3) is 0.273. The van der Waals surface area contributed by atoms with E-state index in [1.807, 2.05) is 36.1 Å². The van der Waals surface area contributed by atoms with Gasteiger partial charge < -0.3 is 4.90 Å². The molecule has 1 aliphatic heterocycles. The molecule has 0 saturated carbocycles. The number of nitro groups is 1. The minimum Gasteiger partial charge on any atom is -0.339 e. The van der Waals surface area contributed by atoms with E-state index < -0.39 is 4.92 Å². The number of nitrogens with zero attached hydrogens (tertiary/aromatic N) is 3. The van der Waals surface area contributed by atoms with E-state index >= 15 is 0 Å². The van der Waals surface area contributed by atoms with Crippen LogP contribution in [0.2, 0.25) is 5.02 Å². The molecule has 0 spiro atoms. The van der Waals surface area contributed by atoms with Crippen molar-refractivity contribution in [3.63, 3.8) is 0 Å². The van der Waals surface area contributed by atoms with Crippen molar-refractivity contribution in [1.29, 1.82) is 0 Å². The van der Waals surface area contributed by atoms with Gasteiger partial charge >= 0.3 is 0 Å². The van der Waals surface area contributed by atoms with Gasteiger partial charge in [0.1, 0.15) is 0 Å². The van der Waals surface area contributed by atoms with Crippen LogP contribution in [0.25, 0.3) is 10.4 Å². The summed E-state index contributed by atoms with van der Waals surface area (Å²) < 4.78 is 0. The average molecular weight is 442 g/mol. The van der Waals surface area contributed by atoms with Crippen molar-refractivity contribution >= 4 is 34.5 Å². The SMILES string of the molecule is Cc1nc(C2CCN(C(=O)c3ccc([N+](=O)[O-])cc3)CC2)sc1-c1ccc(Cl)cc1. The lowest BCUT2D eigenvalue weighted by atomic mass is 9.97. The third-order valence-corrected chi connectivity index (χ3v) is 7.00. The zero-order valence-corrected chi connectivity index (χ0v) is 17.9. The molecule has 6 nitrogen and oxygen atoms in total. The summed E-state index contributed by atoms with van der Waals surface area (Å²) in [5.74, 6) is 0.246. The van der Waals surface area contributed by atoms with Gasteiger partial charge in [0.25, 0.3) is 11.6 Å². The van der Waals surface area contributed by atoms with E-state index in [0.717, 1.165) is 34.0 Å². The maximum Gasteiger partial charge on any atom is 0.269 e. The van der Waals surface area contributed by atoms with Gasteiger partial charge in [0.2, 0.25) is 0 Å². The van der Waals surface area contributed by atoms with Crippen LogP contribution in [-0.2, 0) is 0 Å². The predicted octanol–water partition coefficient (Wildman–Crippen LogP) is 5.70. The van der Waals surface area contributed by atoms with Crippen LogP contribution < -0.4 is 0 Å². The molecule has 0 radical (unpaired) electrons. The number of nitro benzene ring substituents is 1. The smallest absolute Gasteiger partial charge is 0.269 e. The van der Waals surface area contributed by atoms with Crippen LogP contribution in [0.15, 0.2) is 48.5 Å². The lowest BCUT2D eigenvalue weighted by Gasteiger charge is -2.31. The summed E-state index contributed by atoms with van der Waals surface area (Å²) in [5.41, 5.74) is 2.60. The largest absolute Gasteiger partial charge is 0.339 e. The Labute approximate surface area is 183 Å². The minimum absolute atomic E-state index is 0.0131. The maximum absolute atomic E-state index is 12.7. The number of thiazole rings is 1. The summed E-state index contributed by atoms with van der Waals surface area (Å²) in [6, 6.07) is 13.6. The highest BCUT2D eigenvalue weighted by molar-refractivity contribution is 7.15. The molecule has 1 fully saturated rings. The number of benzene rings is 2. The highest BCUT2D eigenvalue weighted by Gasteiger charge is 2.27. The summed E-state index contributed by atoms with van der Waals surface area (Å²) >= 11 is 7.71. The number of carbonyl (C=O) groups is 1. The Morgan fingerprint density at radius 2 is 1.77 bits per heavy atom. The average Bonchev–Trinajstić information content (AvgIpc) is 3.15. The second-order valence-corrected chi connectivity index (χ2v) is 8.81. The van der Waals surface area contributed by atoms with Gasteiger partial charge in [-0.1, -0.05) is 23.7 Å². The van der Waals surface area contributed by atoms with E-state index in [0.29, 0.717) is 29.6 Å². The molecule has 3 aromatic rings. The molecule has 1 amide bonds. The summed E-state index contributed by atoms with van der Waals surface area (Å²) in [6.07, 6.45) is 1.71. The monoisotopic (exact) mass is 441 g/mol. The number of likely N-dealkylation sites (tertiary alicyclic amines) is 1. The fourth-order valence-corrected chi connectivity index (χ4v) is 5.07. The molecule has 0 bridgehead atoms. The Hall–Kier alpha value is -2.77. The number of rotatable bonds is 4. The number of hydrogen-bond acceptors (Lipinski definition) is 5. The third kappa shape index (κ3) is 4.22. The molecule has 154 valence electrons. The summed E-state index contributed by atoms with van der Waals surface area (Å²) in [6.45, 7) is 3.32. The predicted molar refractivity (Wildman–Crippen MR) is 118 cm³/mol. The van der Waals surface area contributed by atoms with Crippen LogP contribution in [0.4, 0.5) is 5.69 Å². The van der Waals surface area contributed by atoms with E-state index in [-0.39, 0.29) is 11.6 Å². The van der Waals surface area contributed by atoms with Gasteiger partial charge in [-0.05, 0) is 49.6 Å². The Morgan fingerprint density at radius 1 is 1.13 bits per heavy atom. The van der Waals surface area contributed by atoms with Crippen LogP contribution in [0.3, 0.4) is 0 Å². The molecule has 1 aromatic heterocycles. The molecule has 0 atom stereocenters. The van der Waals surface area contributed by atoms with Crippen molar-refractivity contribution in [2.45, 2.75) is 25.7 Å². The van der Waals surface area contributed by atoms with Crippen molar-refractivity contribution in [3.8, 4) is 10.4 Å². The van der Waals surface area contributed by atoms with Crippen LogP contribution in [0.1, 0.15) is 39.8 Å². The van der Waals surface area contributed by atoms with Crippen molar-refractivity contribution in [2.75, 3.05) is 13.1 Å². The number of aryl methyl sites for hydroxylation is 1. The topological polar surface area (TPSA) is 76.3 Å². The molecule has 1 aliphatic rings. The third-order valence-electron chi connectivity index (χ3n) is 5.38. The second-order valence-electron chi connectivity index (χ2n) is 7.34. The van der Waals surface area contributed by atoms with Gasteiger partial charge in [0, 0.05) is 41.7 Å². The van der Waals surface area contributed by atoms with Gasteiger partial charge in [0.15, 0.2) is 0 Å². The normalized spacial score (nSPS) is 14.7. The zero-order chi connectivity index (χ0) is 21.3. The molecular formula is C22H20ClN3O3S. The van der Waals surface area contributed by atoms with E-state index in [1.54, 1.807) is 11.3 Å². The number of aromatic nitrogens is 1. The van der Waals surface area contributed by atoms with Crippen LogP contribution in [0, 0.1) is 17.0 Å². The Morgan fingerprint density at radius 3 is 2.37 bits per heavy atom. The quantitative estimate of drug-likeness (QED) is 0.384. The molecule has 0 N–H and O–H groups in total. The molecule has 0 aliphatic carbocycles. The first kappa shape index (κ1) is 20.5. The van der Waals surface area contributed by atoms with Crippen LogP contribution in [0.5, 0.6) is 0 Å². The number of non-ortho nitro benzene ring substituents is 1. The van der Waals surface area contributed by atoms with Gasteiger partial charge in [-0.3, -0.25) is 14.9 Å². The first-order valence-electron chi connectivity index (χ1n) is 9.69. The summed E-state index contributed by atoms with van der Waals surface area (Å²) in [4.78, 5) is 30.8. The lowest BCUT2D eigenvalue weighted by molar-refractivity contribution is -0.384. The standard InChI is InChI=1S/C22H20ClN3O3S/c1-14-20(15-2-6-18(23)7-3-15)30-21(24-14)16-10-12-25(13-11-16)22(27)17-4-8-19(9-5-17)26(28)29/h2-9,16H,10-13H2,1H3. The van der Waals surface area contributed by atoms with Gasteiger partial charge in [-0.15, -0.1) is 11.3 Å². The number of hydrogen-bond donors (Lipinski definition) is 0. The molecular weight excluding hydrogens is 422 g/mol. The summed E-state index contributed by atoms with van der Waals surface area (Å²) in [7, 11) is 0. The van der Waals surface area contributed by atoms with Crippen molar-refractivity contribution < 1.29 is 9.72 Å². The van der Waals surface area contributed by atoms with E-state index in [4.69, 9.17) is 16.6 Å². The summed E-state index contributed by atoms with van der Waals surface area (Å²) in [5, 5.41) is 12.6. The lowest BCUT2D eigenvalue weighted by Crippen LogP contribution is -2.37. The number of piperidine rings is 1. The van der Waals surface area contributed by atoms with Crippen LogP contribution >= 0.6 is 22.9 Å². The molecule has 1 saturated heterocycles. The molecule has 2 aromatic carbocycles. The van der Waals surface area contributed by atoms with Crippen molar-refractivity contribution in [2.24, 2.45) is 0 Å². The van der Waals surface area contributed by atoms with E-state index in [1.165, 1.54) is 24.3 Å². The van der Waals surface area contributed by atoms with Gasteiger partial charge in [-0.2, -0.15) is 0 Å². The van der Waals surface area contributed by atoms with Gasteiger partial charge in [0.05, 0.1) is 20.5 Å². The number of carbonyl (C=O) groups excluding carboxylic acids is 1. The molecule has 4 rings (SSSR count).